The van der Waals surface area contributed by atoms with Gasteiger partial charge < -0.3 is 15.0 Å². The second-order valence-corrected chi connectivity index (χ2v) is 6.14. The second-order valence-electron chi connectivity index (χ2n) is 6.14. The third kappa shape index (κ3) is 6.39. The number of ether oxygens (including phenoxy) is 1. The minimum absolute atomic E-state index is 0.175. The van der Waals surface area contributed by atoms with Crippen LogP contribution in [0.1, 0.15) is 47.5 Å². The summed E-state index contributed by atoms with van der Waals surface area (Å²) in [6, 6.07) is 0.329. The number of hydrogen-bond acceptors (Lipinski definition) is 4. The van der Waals surface area contributed by atoms with Gasteiger partial charge in [-0.15, -0.1) is 0 Å². The van der Waals surface area contributed by atoms with E-state index >= 15 is 0 Å². The minimum Gasteiger partial charge on any atom is -0.468 e. The Kier molecular flexibility index (Phi) is 8.26. The summed E-state index contributed by atoms with van der Waals surface area (Å²) in [4.78, 5) is 14.3. The molecular weight excluding hydrogens is 240 g/mol. The van der Waals surface area contributed by atoms with E-state index in [0.717, 1.165) is 25.9 Å². The maximum atomic E-state index is 12.0. The van der Waals surface area contributed by atoms with Crippen LogP contribution in [0.5, 0.6) is 0 Å². The smallest absolute Gasteiger partial charge is 0.325 e. The maximum Gasteiger partial charge on any atom is 0.325 e. The van der Waals surface area contributed by atoms with Crippen LogP contribution in [0.4, 0.5) is 0 Å². The number of hydrogen-bond donors (Lipinski definition) is 1. The van der Waals surface area contributed by atoms with E-state index in [4.69, 9.17) is 4.74 Å². The zero-order chi connectivity index (χ0) is 15.1. The number of rotatable bonds is 9. The highest BCUT2D eigenvalue weighted by Crippen LogP contribution is 2.18. The highest BCUT2D eigenvalue weighted by molar-refractivity contribution is 5.80. The molecule has 19 heavy (non-hydrogen) atoms. The van der Waals surface area contributed by atoms with Crippen molar-refractivity contribution < 1.29 is 9.53 Å². The molecular formula is C15H32N2O2. The normalized spacial score (nSPS) is 16.5. The molecule has 0 amide bonds. The van der Waals surface area contributed by atoms with Crippen LogP contribution >= 0.6 is 0 Å². The van der Waals surface area contributed by atoms with Gasteiger partial charge in [-0.25, -0.2) is 0 Å². The van der Waals surface area contributed by atoms with Gasteiger partial charge in [0.25, 0.3) is 0 Å². The lowest BCUT2D eigenvalue weighted by atomic mass is 9.92. The van der Waals surface area contributed by atoms with Crippen molar-refractivity contribution in [3.63, 3.8) is 0 Å². The molecule has 0 fully saturated rings. The van der Waals surface area contributed by atoms with E-state index in [1.54, 1.807) is 0 Å². The first-order chi connectivity index (χ1) is 8.76. The van der Waals surface area contributed by atoms with Gasteiger partial charge in [0.1, 0.15) is 5.54 Å². The van der Waals surface area contributed by atoms with Gasteiger partial charge in [0.05, 0.1) is 7.11 Å². The Morgan fingerprint density at radius 1 is 1.37 bits per heavy atom. The molecule has 0 saturated carbocycles. The highest BCUT2D eigenvalue weighted by Gasteiger charge is 2.36. The third-order valence-corrected chi connectivity index (χ3v) is 3.51. The van der Waals surface area contributed by atoms with Crippen LogP contribution < -0.4 is 5.32 Å². The number of nitrogens with one attached hydrogen (secondary N) is 1. The van der Waals surface area contributed by atoms with Crippen LogP contribution in [-0.2, 0) is 9.53 Å². The molecule has 0 aliphatic heterocycles. The van der Waals surface area contributed by atoms with Gasteiger partial charge in [0.2, 0.25) is 0 Å². The summed E-state index contributed by atoms with van der Waals surface area (Å²) in [5.74, 6) is 0.450. The molecule has 0 aromatic rings. The highest BCUT2D eigenvalue weighted by atomic mass is 16.5. The predicted octanol–water partition coefficient (Wildman–Crippen LogP) is 2.28. The molecule has 0 radical (unpaired) electrons. The first-order valence-corrected chi connectivity index (χ1v) is 7.30. The van der Waals surface area contributed by atoms with E-state index in [1.807, 2.05) is 6.92 Å². The molecule has 0 spiro atoms. The first kappa shape index (κ1) is 18.4. The van der Waals surface area contributed by atoms with Crippen LogP contribution in [0.25, 0.3) is 0 Å². The number of carbonyl (C=O) groups is 1. The monoisotopic (exact) mass is 272 g/mol. The van der Waals surface area contributed by atoms with Gasteiger partial charge in [-0.3, -0.25) is 4.79 Å². The zero-order valence-electron chi connectivity index (χ0n) is 13.7. The fourth-order valence-electron chi connectivity index (χ4n) is 2.36. The van der Waals surface area contributed by atoms with Crippen LogP contribution in [-0.4, -0.2) is 49.7 Å². The van der Waals surface area contributed by atoms with Gasteiger partial charge >= 0.3 is 5.97 Å². The standard InChI is InChI=1S/C15H32N2O2/c1-8-9-16-15(5,14(18)19-7)10-13(4)17(6)11-12(2)3/h12-13,16H,8-11H2,1-7H3. The van der Waals surface area contributed by atoms with E-state index in [2.05, 4.69) is 45.0 Å². The summed E-state index contributed by atoms with van der Waals surface area (Å²) in [6.07, 6.45) is 1.76. The van der Waals surface area contributed by atoms with Crippen molar-refractivity contribution in [2.75, 3.05) is 27.2 Å². The molecule has 0 rings (SSSR count). The molecule has 2 atom stereocenters. The fraction of sp³-hybridized carbons (Fsp3) is 0.933. The Balaban J connectivity index is 4.66. The summed E-state index contributed by atoms with van der Waals surface area (Å²) >= 11 is 0. The minimum atomic E-state index is -0.602. The van der Waals surface area contributed by atoms with Gasteiger partial charge in [-0.1, -0.05) is 20.8 Å². The van der Waals surface area contributed by atoms with E-state index < -0.39 is 5.54 Å². The number of methoxy groups -OCH3 is 1. The van der Waals surface area contributed by atoms with Gasteiger partial charge in [-0.2, -0.15) is 0 Å². The van der Waals surface area contributed by atoms with E-state index in [-0.39, 0.29) is 5.97 Å². The van der Waals surface area contributed by atoms with Crippen LogP contribution in [0.3, 0.4) is 0 Å². The summed E-state index contributed by atoms with van der Waals surface area (Å²) < 4.78 is 4.95. The number of esters is 1. The molecule has 0 aromatic carbocycles. The Bertz CT molecular complexity index is 269. The Morgan fingerprint density at radius 3 is 2.37 bits per heavy atom. The van der Waals surface area contributed by atoms with Crippen molar-refractivity contribution in [1.29, 1.82) is 0 Å². The van der Waals surface area contributed by atoms with E-state index in [9.17, 15) is 4.79 Å². The van der Waals surface area contributed by atoms with Crippen molar-refractivity contribution in [3.05, 3.63) is 0 Å². The lowest BCUT2D eigenvalue weighted by molar-refractivity contribution is -0.148. The molecule has 0 aromatic heterocycles. The number of nitrogens with zero attached hydrogens (tertiary/aromatic N) is 1. The van der Waals surface area contributed by atoms with E-state index in [1.165, 1.54) is 7.11 Å². The molecule has 0 aliphatic rings. The molecule has 0 heterocycles. The second kappa shape index (κ2) is 8.54. The summed E-state index contributed by atoms with van der Waals surface area (Å²) in [5.41, 5.74) is -0.602. The van der Waals surface area contributed by atoms with Gasteiger partial charge in [0.15, 0.2) is 0 Å². The fourth-order valence-corrected chi connectivity index (χ4v) is 2.36. The first-order valence-electron chi connectivity index (χ1n) is 7.30. The lowest BCUT2D eigenvalue weighted by Crippen LogP contribution is -2.54. The Hall–Kier alpha value is -0.610. The molecule has 0 bridgehead atoms. The average Bonchev–Trinajstić information content (AvgIpc) is 2.34. The quantitative estimate of drug-likeness (QED) is 0.654. The Labute approximate surface area is 118 Å². The van der Waals surface area contributed by atoms with Gasteiger partial charge in [-0.05, 0) is 46.2 Å². The molecule has 4 nitrogen and oxygen atoms in total. The van der Waals surface area contributed by atoms with Crippen molar-refractivity contribution in [2.24, 2.45) is 5.92 Å². The van der Waals surface area contributed by atoms with Gasteiger partial charge in [0, 0.05) is 12.6 Å². The summed E-state index contributed by atoms with van der Waals surface area (Å²) in [5, 5.41) is 3.33. The average molecular weight is 272 g/mol. The molecule has 4 heteroatoms. The molecule has 0 saturated heterocycles. The Morgan fingerprint density at radius 2 is 1.95 bits per heavy atom. The lowest BCUT2D eigenvalue weighted by Gasteiger charge is -2.35. The van der Waals surface area contributed by atoms with Crippen molar-refractivity contribution in [3.8, 4) is 0 Å². The molecule has 0 aliphatic carbocycles. The van der Waals surface area contributed by atoms with Crippen molar-refractivity contribution in [2.45, 2.75) is 59.0 Å². The topological polar surface area (TPSA) is 41.6 Å². The molecule has 1 N–H and O–H groups in total. The molecule has 114 valence electrons. The predicted molar refractivity (Wildman–Crippen MR) is 80.3 cm³/mol. The van der Waals surface area contributed by atoms with Crippen molar-refractivity contribution in [1.82, 2.24) is 10.2 Å². The summed E-state index contributed by atoms with van der Waals surface area (Å²) in [6.45, 7) is 12.5. The number of carbonyl (C=O) groups excluding carboxylic acids is 1. The van der Waals surface area contributed by atoms with Crippen LogP contribution in [0.15, 0.2) is 0 Å². The largest absolute Gasteiger partial charge is 0.468 e. The van der Waals surface area contributed by atoms with E-state index in [0.29, 0.717) is 12.0 Å². The summed E-state index contributed by atoms with van der Waals surface area (Å²) in [7, 11) is 3.57. The zero-order valence-corrected chi connectivity index (χ0v) is 13.7. The van der Waals surface area contributed by atoms with Crippen molar-refractivity contribution >= 4 is 5.97 Å². The van der Waals surface area contributed by atoms with Crippen LogP contribution in [0.2, 0.25) is 0 Å². The molecule has 2 unspecified atom stereocenters. The van der Waals surface area contributed by atoms with Crippen LogP contribution in [0, 0.1) is 5.92 Å². The maximum absolute atomic E-state index is 12.0. The third-order valence-electron chi connectivity index (χ3n) is 3.51. The SMILES string of the molecule is CCCNC(C)(CC(C)N(C)CC(C)C)C(=O)OC.